The Morgan fingerprint density at radius 2 is 2.37 bits per heavy atom. The van der Waals surface area contributed by atoms with E-state index in [1.165, 1.54) is 0 Å². The van der Waals surface area contributed by atoms with Crippen molar-refractivity contribution in [3.05, 3.63) is 30.0 Å². The Hall–Kier alpha value is -2.01. The summed E-state index contributed by atoms with van der Waals surface area (Å²) in [6, 6.07) is 5.82. The topological polar surface area (TPSA) is 63.5 Å². The van der Waals surface area contributed by atoms with Gasteiger partial charge >= 0.3 is 5.97 Å². The number of hydrogen-bond acceptors (Lipinski definition) is 3. The highest BCUT2D eigenvalue weighted by Crippen LogP contribution is 2.30. The minimum Gasteiger partial charge on any atom is -0.497 e. The third-order valence-corrected chi connectivity index (χ3v) is 3.70. The molecule has 19 heavy (non-hydrogen) atoms. The van der Waals surface area contributed by atoms with Crippen LogP contribution in [0.1, 0.15) is 22.8 Å². The second-order valence-corrected chi connectivity index (χ2v) is 4.78. The van der Waals surface area contributed by atoms with Gasteiger partial charge in [-0.1, -0.05) is 0 Å². The lowest BCUT2D eigenvalue weighted by molar-refractivity contribution is 0.0698. The van der Waals surface area contributed by atoms with E-state index in [4.69, 9.17) is 4.74 Å². The molecule has 1 aromatic heterocycles. The number of nitrogens with zero attached hydrogens (tertiary/aromatic N) is 1. The Kier molecular flexibility index (Phi) is 2.91. The van der Waals surface area contributed by atoms with Gasteiger partial charge in [0.1, 0.15) is 5.75 Å². The fourth-order valence-corrected chi connectivity index (χ4v) is 2.71. The summed E-state index contributed by atoms with van der Waals surface area (Å²) in [4.78, 5) is 11.3. The van der Waals surface area contributed by atoms with Crippen LogP contribution in [0.15, 0.2) is 24.4 Å². The van der Waals surface area contributed by atoms with E-state index in [2.05, 4.69) is 9.88 Å². The number of carbonyl (C=O) groups is 1. The predicted molar refractivity (Wildman–Crippen MR) is 72.0 cm³/mol. The van der Waals surface area contributed by atoms with E-state index in [-0.39, 0.29) is 0 Å². The summed E-state index contributed by atoms with van der Waals surface area (Å²) >= 11 is 0. The molecule has 2 N–H and O–H groups in total. The summed E-state index contributed by atoms with van der Waals surface area (Å²) in [5.41, 5.74) is 1.27. The molecule has 0 bridgehead atoms. The molecule has 0 unspecified atom stereocenters. The Morgan fingerprint density at radius 3 is 3.00 bits per heavy atom. The van der Waals surface area contributed by atoms with E-state index in [9.17, 15) is 9.90 Å². The lowest BCUT2D eigenvalue weighted by Gasteiger charge is -2.13. The van der Waals surface area contributed by atoms with E-state index in [0.29, 0.717) is 11.6 Å². The number of benzene rings is 1. The number of fused-ring (bicyclic) bond motifs is 1. The summed E-state index contributed by atoms with van der Waals surface area (Å²) in [5, 5.41) is 13.4. The van der Waals surface area contributed by atoms with Crippen LogP contribution in [0.5, 0.6) is 5.75 Å². The van der Waals surface area contributed by atoms with Gasteiger partial charge in [0, 0.05) is 30.2 Å². The number of carboxylic acid groups (broad SMARTS) is 1. The standard InChI is InChI=1S/C14H16N2O3/c1-19-10-2-3-11-12(14(17)18)8-16(13(11)6-10)9-4-5-15-7-9/h2-3,6,8-9,15H,4-5,7H2,1H3,(H,17,18)/t9-/m1/s1. The molecule has 5 heteroatoms. The second kappa shape index (κ2) is 4.59. The van der Waals surface area contributed by atoms with Gasteiger partial charge in [-0.2, -0.15) is 0 Å². The molecule has 1 fully saturated rings. The van der Waals surface area contributed by atoms with Gasteiger partial charge in [-0.3, -0.25) is 0 Å². The van der Waals surface area contributed by atoms with Crippen LogP contribution in [0.2, 0.25) is 0 Å². The maximum absolute atomic E-state index is 11.3. The normalized spacial score (nSPS) is 18.9. The summed E-state index contributed by atoms with van der Waals surface area (Å²) in [6.07, 6.45) is 2.75. The maximum atomic E-state index is 11.3. The van der Waals surface area contributed by atoms with Crippen LogP contribution in [-0.2, 0) is 0 Å². The third-order valence-electron chi connectivity index (χ3n) is 3.70. The zero-order valence-electron chi connectivity index (χ0n) is 10.7. The number of hydrogen-bond donors (Lipinski definition) is 2. The summed E-state index contributed by atoms with van der Waals surface area (Å²) in [6.45, 7) is 1.84. The van der Waals surface area contributed by atoms with Crippen molar-refractivity contribution in [3.63, 3.8) is 0 Å². The summed E-state index contributed by atoms with van der Waals surface area (Å²) in [5.74, 6) is -0.144. The minimum atomic E-state index is -0.889. The Balaban J connectivity index is 2.21. The SMILES string of the molecule is COc1ccc2c(C(=O)O)cn([C@@H]3CCNC3)c2c1. The van der Waals surface area contributed by atoms with Crippen LogP contribution >= 0.6 is 0 Å². The van der Waals surface area contributed by atoms with Crippen molar-refractivity contribution in [2.45, 2.75) is 12.5 Å². The number of nitrogens with one attached hydrogen (secondary N) is 1. The van der Waals surface area contributed by atoms with E-state index in [1.807, 2.05) is 12.1 Å². The number of rotatable bonds is 3. The van der Waals surface area contributed by atoms with Crippen LogP contribution in [0, 0.1) is 0 Å². The van der Waals surface area contributed by atoms with Gasteiger partial charge in [0.2, 0.25) is 0 Å². The molecule has 1 atom stereocenters. The van der Waals surface area contributed by atoms with E-state index < -0.39 is 5.97 Å². The fraction of sp³-hybridized carbons (Fsp3) is 0.357. The van der Waals surface area contributed by atoms with E-state index in [1.54, 1.807) is 19.4 Å². The highest BCUT2D eigenvalue weighted by Gasteiger charge is 2.22. The molecular weight excluding hydrogens is 244 g/mol. The molecule has 100 valence electrons. The largest absolute Gasteiger partial charge is 0.497 e. The number of ether oxygens (including phenoxy) is 1. The van der Waals surface area contributed by atoms with Crippen LogP contribution in [-0.4, -0.2) is 35.8 Å². The Labute approximate surface area is 110 Å². The zero-order chi connectivity index (χ0) is 13.4. The minimum absolute atomic E-state index is 0.308. The van der Waals surface area contributed by atoms with Gasteiger partial charge in [-0.25, -0.2) is 4.79 Å². The molecule has 0 aliphatic carbocycles. The summed E-state index contributed by atoms with van der Waals surface area (Å²) < 4.78 is 7.29. The molecule has 1 aromatic carbocycles. The molecule has 1 aliphatic heterocycles. The molecule has 3 rings (SSSR count). The molecule has 2 heterocycles. The van der Waals surface area contributed by atoms with Crippen LogP contribution in [0.3, 0.4) is 0 Å². The predicted octanol–water partition coefficient (Wildman–Crippen LogP) is 1.88. The van der Waals surface area contributed by atoms with Crippen molar-refractivity contribution in [1.29, 1.82) is 0 Å². The molecule has 0 amide bonds. The molecular formula is C14H16N2O3. The van der Waals surface area contributed by atoms with Crippen molar-refractivity contribution in [3.8, 4) is 5.75 Å². The highest BCUT2D eigenvalue weighted by atomic mass is 16.5. The molecule has 0 radical (unpaired) electrons. The fourth-order valence-electron chi connectivity index (χ4n) is 2.71. The van der Waals surface area contributed by atoms with Gasteiger partial charge in [-0.15, -0.1) is 0 Å². The van der Waals surface area contributed by atoms with Gasteiger partial charge in [0.15, 0.2) is 0 Å². The lowest BCUT2D eigenvalue weighted by atomic mass is 10.1. The van der Waals surface area contributed by atoms with Crippen LogP contribution < -0.4 is 10.1 Å². The molecule has 0 spiro atoms. The molecule has 1 saturated heterocycles. The average molecular weight is 260 g/mol. The van der Waals surface area contributed by atoms with Gasteiger partial charge < -0.3 is 19.7 Å². The molecule has 2 aromatic rings. The first-order valence-electron chi connectivity index (χ1n) is 6.33. The first-order valence-corrected chi connectivity index (χ1v) is 6.33. The van der Waals surface area contributed by atoms with Crippen molar-refractivity contribution in [2.24, 2.45) is 0 Å². The number of carboxylic acids is 1. The smallest absolute Gasteiger partial charge is 0.337 e. The second-order valence-electron chi connectivity index (χ2n) is 4.78. The maximum Gasteiger partial charge on any atom is 0.337 e. The highest BCUT2D eigenvalue weighted by molar-refractivity contribution is 6.03. The van der Waals surface area contributed by atoms with Crippen LogP contribution in [0.4, 0.5) is 0 Å². The number of aromatic nitrogens is 1. The number of aromatic carboxylic acids is 1. The van der Waals surface area contributed by atoms with Gasteiger partial charge in [0.25, 0.3) is 0 Å². The van der Waals surface area contributed by atoms with Crippen molar-refractivity contribution in [2.75, 3.05) is 20.2 Å². The van der Waals surface area contributed by atoms with Crippen molar-refractivity contribution in [1.82, 2.24) is 9.88 Å². The molecule has 0 saturated carbocycles. The average Bonchev–Trinajstić information content (AvgIpc) is 3.04. The summed E-state index contributed by atoms with van der Waals surface area (Å²) in [7, 11) is 1.61. The van der Waals surface area contributed by atoms with E-state index in [0.717, 1.165) is 36.2 Å². The monoisotopic (exact) mass is 260 g/mol. The lowest BCUT2D eigenvalue weighted by Crippen LogP contribution is -2.12. The van der Waals surface area contributed by atoms with Gasteiger partial charge in [-0.05, 0) is 25.1 Å². The molecule has 1 aliphatic rings. The third kappa shape index (κ3) is 1.96. The van der Waals surface area contributed by atoms with Gasteiger partial charge in [0.05, 0.1) is 18.2 Å². The molecule has 5 nitrogen and oxygen atoms in total. The number of methoxy groups -OCH3 is 1. The van der Waals surface area contributed by atoms with Crippen molar-refractivity contribution < 1.29 is 14.6 Å². The van der Waals surface area contributed by atoms with Crippen LogP contribution in [0.25, 0.3) is 10.9 Å². The Morgan fingerprint density at radius 1 is 1.53 bits per heavy atom. The zero-order valence-corrected chi connectivity index (χ0v) is 10.7. The first-order chi connectivity index (χ1) is 9.20. The van der Waals surface area contributed by atoms with Crippen molar-refractivity contribution >= 4 is 16.9 Å². The van der Waals surface area contributed by atoms with E-state index >= 15 is 0 Å². The quantitative estimate of drug-likeness (QED) is 0.884. The first kappa shape index (κ1) is 12.0. The Bertz CT molecular complexity index is 627.